The molecule has 0 aliphatic carbocycles. The fourth-order valence-electron chi connectivity index (χ4n) is 3.27. The molecule has 23 heavy (non-hydrogen) atoms. The minimum atomic E-state index is 0.445. The van der Waals surface area contributed by atoms with E-state index in [1.807, 2.05) is 0 Å². The molecule has 0 saturated heterocycles. The number of hydrogen-bond donors (Lipinski definition) is 0. The molecule has 0 radical (unpaired) electrons. The Hall–Kier alpha value is -2.35. The first-order chi connectivity index (χ1) is 11.0. The van der Waals surface area contributed by atoms with E-state index in [1.54, 1.807) is 0 Å². The monoisotopic (exact) mass is 305 g/mol. The molecule has 0 aliphatic heterocycles. The van der Waals surface area contributed by atoms with Crippen LogP contribution in [0.2, 0.25) is 0 Å². The predicted octanol–water partition coefficient (Wildman–Crippen LogP) is 4.84. The van der Waals surface area contributed by atoms with E-state index in [0.717, 1.165) is 0 Å². The van der Waals surface area contributed by atoms with Crippen LogP contribution in [0.4, 0.5) is 0 Å². The number of rotatable bonds is 3. The average molecular weight is 305 g/mol. The summed E-state index contributed by atoms with van der Waals surface area (Å²) < 4.78 is 4.66. The van der Waals surface area contributed by atoms with Crippen molar-refractivity contribution in [2.45, 2.75) is 33.7 Å². The van der Waals surface area contributed by atoms with Gasteiger partial charge in [-0.25, -0.2) is 0 Å². The molecule has 3 aromatic rings. The molecule has 2 aromatic heterocycles. The number of benzene rings is 1. The Labute approximate surface area is 139 Å². The van der Waals surface area contributed by atoms with E-state index < -0.39 is 0 Å². The lowest BCUT2D eigenvalue weighted by molar-refractivity contribution is -0.649. The molecule has 2 nitrogen and oxygen atoms in total. The Morgan fingerprint density at radius 3 is 2.22 bits per heavy atom. The molecule has 0 fully saturated rings. The Balaban J connectivity index is 2.23. The summed E-state index contributed by atoms with van der Waals surface area (Å²) in [6, 6.07) is 17.8. The third-order valence-corrected chi connectivity index (χ3v) is 4.57. The van der Waals surface area contributed by atoms with Crippen LogP contribution in [0.15, 0.2) is 54.7 Å². The van der Waals surface area contributed by atoms with Crippen molar-refractivity contribution in [2.75, 3.05) is 0 Å². The van der Waals surface area contributed by atoms with Crippen LogP contribution in [-0.4, -0.2) is 4.57 Å². The molecule has 0 aliphatic rings. The molecule has 1 aromatic carbocycles. The summed E-state index contributed by atoms with van der Waals surface area (Å²) in [4.78, 5) is 0. The van der Waals surface area contributed by atoms with Gasteiger partial charge in [-0.1, -0.05) is 18.2 Å². The maximum atomic E-state index is 2.35. The highest BCUT2D eigenvalue weighted by atomic mass is 15.0. The van der Waals surface area contributed by atoms with Crippen molar-refractivity contribution in [3.63, 3.8) is 0 Å². The molecule has 0 N–H and O–H groups in total. The van der Waals surface area contributed by atoms with Crippen molar-refractivity contribution in [1.29, 1.82) is 0 Å². The van der Waals surface area contributed by atoms with Gasteiger partial charge in [0.2, 0.25) is 11.4 Å². The van der Waals surface area contributed by atoms with E-state index in [9.17, 15) is 0 Å². The SMILES string of the molecule is Cc1ccccc1-c1cccc(-c2c(C)ccn2C(C)C)[n+]1C. The third kappa shape index (κ3) is 2.70. The molecule has 0 bridgehead atoms. The van der Waals surface area contributed by atoms with Crippen LogP contribution in [0.5, 0.6) is 0 Å². The van der Waals surface area contributed by atoms with Crippen molar-refractivity contribution in [2.24, 2.45) is 7.05 Å². The Bertz CT molecular complexity index is 841. The van der Waals surface area contributed by atoms with E-state index in [1.165, 1.54) is 33.8 Å². The quantitative estimate of drug-likeness (QED) is 0.612. The smallest absolute Gasteiger partial charge is 0.229 e. The normalized spacial score (nSPS) is 11.2. The lowest BCUT2D eigenvalue weighted by Gasteiger charge is -2.14. The fraction of sp³-hybridized carbons (Fsp3) is 0.286. The van der Waals surface area contributed by atoms with Gasteiger partial charge in [-0.3, -0.25) is 0 Å². The van der Waals surface area contributed by atoms with Crippen molar-refractivity contribution in [1.82, 2.24) is 4.57 Å². The highest BCUT2D eigenvalue weighted by Gasteiger charge is 2.22. The highest BCUT2D eigenvalue weighted by Crippen LogP contribution is 2.27. The summed E-state index contributed by atoms with van der Waals surface area (Å²) in [7, 11) is 2.16. The zero-order valence-corrected chi connectivity index (χ0v) is 14.7. The number of nitrogens with zero attached hydrogens (tertiary/aromatic N) is 2. The molecule has 0 unspecified atom stereocenters. The Morgan fingerprint density at radius 1 is 0.826 bits per heavy atom. The van der Waals surface area contributed by atoms with E-state index >= 15 is 0 Å². The van der Waals surface area contributed by atoms with Gasteiger partial charge in [0, 0.05) is 29.9 Å². The van der Waals surface area contributed by atoms with Crippen molar-refractivity contribution in [3.05, 3.63) is 65.9 Å². The van der Waals surface area contributed by atoms with Crippen LogP contribution >= 0.6 is 0 Å². The average Bonchev–Trinajstić information content (AvgIpc) is 2.90. The molecular formula is C21H25N2+. The standard InChI is InChI=1S/C21H25N2/c1-15(2)23-14-13-17(4)21(23)20-12-8-11-19(22(20)5)18-10-7-6-9-16(18)3/h6-15H,1-5H3/q+1. The molecular weight excluding hydrogens is 280 g/mol. The Morgan fingerprint density at radius 2 is 1.52 bits per heavy atom. The van der Waals surface area contributed by atoms with Gasteiger partial charge in [0.1, 0.15) is 12.7 Å². The van der Waals surface area contributed by atoms with E-state index in [-0.39, 0.29) is 0 Å². The third-order valence-electron chi connectivity index (χ3n) is 4.57. The molecule has 0 spiro atoms. The number of aryl methyl sites for hydroxylation is 2. The topological polar surface area (TPSA) is 8.81 Å². The first-order valence-corrected chi connectivity index (χ1v) is 8.23. The number of pyridine rings is 1. The summed E-state index contributed by atoms with van der Waals surface area (Å²) in [6.07, 6.45) is 2.19. The first kappa shape index (κ1) is 15.5. The van der Waals surface area contributed by atoms with Crippen molar-refractivity contribution in [3.8, 4) is 22.6 Å². The first-order valence-electron chi connectivity index (χ1n) is 8.23. The fourth-order valence-corrected chi connectivity index (χ4v) is 3.27. The van der Waals surface area contributed by atoms with Gasteiger partial charge in [0.25, 0.3) is 0 Å². The predicted molar refractivity (Wildman–Crippen MR) is 96.3 cm³/mol. The maximum absolute atomic E-state index is 2.35. The summed E-state index contributed by atoms with van der Waals surface area (Å²) in [5.41, 5.74) is 7.71. The van der Waals surface area contributed by atoms with E-state index in [4.69, 9.17) is 0 Å². The summed E-state index contributed by atoms with van der Waals surface area (Å²) in [6.45, 7) is 8.82. The van der Waals surface area contributed by atoms with E-state index in [0.29, 0.717) is 6.04 Å². The second kappa shape index (κ2) is 6.04. The molecule has 2 heteroatoms. The minimum Gasteiger partial charge on any atom is -0.340 e. The molecule has 0 atom stereocenters. The van der Waals surface area contributed by atoms with Gasteiger partial charge < -0.3 is 4.57 Å². The van der Waals surface area contributed by atoms with E-state index in [2.05, 4.69) is 98.6 Å². The van der Waals surface area contributed by atoms with Gasteiger partial charge in [0.05, 0.1) is 0 Å². The lowest BCUT2D eigenvalue weighted by Crippen LogP contribution is -2.34. The van der Waals surface area contributed by atoms with Crippen molar-refractivity contribution >= 4 is 0 Å². The highest BCUT2D eigenvalue weighted by molar-refractivity contribution is 5.64. The van der Waals surface area contributed by atoms with Gasteiger partial charge in [-0.05, 0) is 57.0 Å². The number of aromatic nitrogens is 2. The van der Waals surface area contributed by atoms with Crippen LogP contribution in [0.3, 0.4) is 0 Å². The molecule has 0 saturated carbocycles. The van der Waals surface area contributed by atoms with Crippen LogP contribution < -0.4 is 4.57 Å². The zero-order chi connectivity index (χ0) is 16.6. The summed E-state index contributed by atoms with van der Waals surface area (Å²) in [5, 5.41) is 0. The van der Waals surface area contributed by atoms with Crippen LogP contribution in [0, 0.1) is 13.8 Å². The second-order valence-corrected chi connectivity index (χ2v) is 6.52. The van der Waals surface area contributed by atoms with Gasteiger partial charge in [-0.2, -0.15) is 4.57 Å². The maximum Gasteiger partial charge on any atom is 0.229 e. The minimum absolute atomic E-state index is 0.445. The van der Waals surface area contributed by atoms with Crippen LogP contribution in [0.25, 0.3) is 22.6 Å². The summed E-state index contributed by atoms with van der Waals surface area (Å²) >= 11 is 0. The second-order valence-electron chi connectivity index (χ2n) is 6.52. The molecule has 0 amide bonds. The van der Waals surface area contributed by atoms with Crippen LogP contribution in [-0.2, 0) is 7.05 Å². The number of hydrogen-bond acceptors (Lipinski definition) is 0. The molecule has 2 heterocycles. The van der Waals surface area contributed by atoms with Gasteiger partial charge >= 0.3 is 0 Å². The molecule has 118 valence electrons. The van der Waals surface area contributed by atoms with Crippen LogP contribution in [0.1, 0.15) is 31.0 Å². The van der Waals surface area contributed by atoms with Gasteiger partial charge in [-0.15, -0.1) is 0 Å². The summed E-state index contributed by atoms with van der Waals surface area (Å²) in [5.74, 6) is 0. The van der Waals surface area contributed by atoms with Gasteiger partial charge in [0.15, 0.2) is 0 Å². The zero-order valence-electron chi connectivity index (χ0n) is 14.7. The molecule has 3 rings (SSSR count). The van der Waals surface area contributed by atoms with Crippen molar-refractivity contribution < 1.29 is 4.57 Å². The Kier molecular flexibility index (Phi) is 4.08. The lowest BCUT2D eigenvalue weighted by atomic mass is 10.0. The largest absolute Gasteiger partial charge is 0.340 e.